The average Bonchev–Trinajstić information content (AvgIpc) is 3.00. The van der Waals surface area contributed by atoms with Crippen LogP contribution in [0.25, 0.3) is 0 Å². The van der Waals surface area contributed by atoms with E-state index in [4.69, 9.17) is 16.3 Å². The molecule has 0 aromatic heterocycles. The Hall–Kier alpha value is -1.26. The summed E-state index contributed by atoms with van der Waals surface area (Å²) in [6.07, 6.45) is 3.51. The van der Waals surface area contributed by atoms with Gasteiger partial charge in [0, 0.05) is 24.7 Å². The highest BCUT2D eigenvalue weighted by Crippen LogP contribution is 2.12. The second kappa shape index (κ2) is 8.90. The Labute approximate surface area is 131 Å². The summed E-state index contributed by atoms with van der Waals surface area (Å²) >= 11 is 5.88. The molecule has 0 amide bonds. The van der Waals surface area contributed by atoms with Gasteiger partial charge in [0.25, 0.3) is 0 Å². The molecule has 0 bridgehead atoms. The third-order valence-electron chi connectivity index (χ3n) is 3.44. The van der Waals surface area contributed by atoms with E-state index in [-0.39, 0.29) is 6.10 Å². The fourth-order valence-electron chi connectivity index (χ4n) is 2.30. The fourth-order valence-corrected chi connectivity index (χ4v) is 2.43. The average molecular weight is 310 g/mol. The minimum Gasteiger partial charge on any atom is -0.376 e. The number of hydrogen-bond donors (Lipinski definition) is 2. The molecule has 5 heteroatoms. The van der Waals surface area contributed by atoms with E-state index < -0.39 is 0 Å². The zero-order valence-electron chi connectivity index (χ0n) is 12.6. The predicted octanol–water partition coefficient (Wildman–Crippen LogP) is 2.62. The second-order valence-electron chi connectivity index (χ2n) is 5.16. The van der Waals surface area contributed by atoms with Crippen LogP contribution in [0.4, 0.5) is 0 Å². The van der Waals surface area contributed by atoms with Crippen LogP contribution < -0.4 is 10.6 Å². The van der Waals surface area contributed by atoms with Crippen molar-refractivity contribution in [1.82, 2.24) is 10.6 Å². The second-order valence-corrected chi connectivity index (χ2v) is 5.59. The van der Waals surface area contributed by atoms with E-state index in [0.717, 1.165) is 56.5 Å². The lowest BCUT2D eigenvalue weighted by atomic mass is 10.1. The number of aliphatic imine (C=N–C) groups is 1. The van der Waals surface area contributed by atoms with Crippen LogP contribution in [0.2, 0.25) is 5.02 Å². The maximum absolute atomic E-state index is 5.88. The maximum Gasteiger partial charge on any atom is 0.191 e. The van der Waals surface area contributed by atoms with Crippen LogP contribution in [0.5, 0.6) is 0 Å². The van der Waals surface area contributed by atoms with Gasteiger partial charge in [0.1, 0.15) is 0 Å². The molecule has 0 spiro atoms. The lowest BCUT2D eigenvalue weighted by Crippen LogP contribution is -2.38. The molecule has 1 aliphatic heterocycles. The molecular formula is C16H24ClN3O. The van der Waals surface area contributed by atoms with Crippen molar-refractivity contribution in [2.24, 2.45) is 4.99 Å². The van der Waals surface area contributed by atoms with Gasteiger partial charge in [-0.3, -0.25) is 4.99 Å². The first-order valence-corrected chi connectivity index (χ1v) is 8.04. The van der Waals surface area contributed by atoms with E-state index >= 15 is 0 Å². The molecule has 1 aromatic rings. The van der Waals surface area contributed by atoms with E-state index in [0.29, 0.717) is 0 Å². The Kier molecular flexibility index (Phi) is 6.83. The van der Waals surface area contributed by atoms with Crippen LogP contribution in [-0.4, -0.2) is 38.3 Å². The molecule has 1 unspecified atom stereocenters. The standard InChI is InChI=1S/C16H24ClN3O/c1-2-18-16(20-12-15-4-3-11-21-15)19-10-9-13-5-7-14(17)8-6-13/h5-8,15H,2-4,9-12H2,1H3,(H2,18,19,20). The Balaban J connectivity index is 1.76. The van der Waals surface area contributed by atoms with Gasteiger partial charge in [-0.2, -0.15) is 0 Å². The molecule has 0 aliphatic carbocycles. The lowest BCUT2D eigenvalue weighted by Gasteiger charge is -2.13. The highest BCUT2D eigenvalue weighted by molar-refractivity contribution is 6.30. The van der Waals surface area contributed by atoms with Gasteiger partial charge in [0.2, 0.25) is 0 Å². The van der Waals surface area contributed by atoms with Crippen molar-refractivity contribution in [2.75, 3.05) is 26.2 Å². The summed E-state index contributed by atoms with van der Waals surface area (Å²) in [5, 5.41) is 7.40. The Morgan fingerprint density at radius 2 is 2.14 bits per heavy atom. The number of nitrogens with zero attached hydrogens (tertiary/aromatic N) is 1. The van der Waals surface area contributed by atoms with Gasteiger partial charge in [-0.1, -0.05) is 23.7 Å². The normalized spacial score (nSPS) is 18.8. The number of nitrogens with one attached hydrogen (secondary N) is 2. The van der Waals surface area contributed by atoms with Crippen LogP contribution in [0.1, 0.15) is 25.3 Å². The first-order chi connectivity index (χ1) is 10.3. The molecular weight excluding hydrogens is 286 g/mol. The van der Waals surface area contributed by atoms with Crippen molar-refractivity contribution in [3.05, 3.63) is 34.9 Å². The van der Waals surface area contributed by atoms with Crippen molar-refractivity contribution < 1.29 is 4.74 Å². The first-order valence-electron chi connectivity index (χ1n) is 7.66. The van der Waals surface area contributed by atoms with E-state index in [1.165, 1.54) is 5.56 Å². The van der Waals surface area contributed by atoms with Crippen LogP contribution in [0, 0.1) is 0 Å². The first kappa shape index (κ1) is 16.1. The Morgan fingerprint density at radius 3 is 2.81 bits per heavy atom. The molecule has 1 aromatic carbocycles. The highest BCUT2D eigenvalue weighted by Gasteiger charge is 2.14. The van der Waals surface area contributed by atoms with Crippen molar-refractivity contribution >= 4 is 17.6 Å². The molecule has 1 heterocycles. The van der Waals surface area contributed by atoms with Crippen LogP contribution in [0.3, 0.4) is 0 Å². The molecule has 116 valence electrons. The van der Waals surface area contributed by atoms with Gasteiger partial charge < -0.3 is 15.4 Å². The monoisotopic (exact) mass is 309 g/mol. The van der Waals surface area contributed by atoms with Gasteiger partial charge in [0.15, 0.2) is 5.96 Å². The summed E-state index contributed by atoms with van der Waals surface area (Å²) in [6, 6.07) is 7.96. The van der Waals surface area contributed by atoms with Crippen LogP contribution in [-0.2, 0) is 11.2 Å². The molecule has 21 heavy (non-hydrogen) atoms. The minimum absolute atomic E-state index is 0.289. The van der Waals surface area contributed by atoms with Crippen molar-refractivity contribution in [2.45, 2.75) is 32.3 Å². The molecule has 1 aliphatic rings. The van der Waals surface area contributed by atoms with E-state index in [1.54, 1.807) is 0 Å². The van der Waals surface area contributed by atoms with Crippen LogP contribution >= 0.6 is 11.6 Å². The SMILES string of the molecule is CCNC(=NCC1CCCO1)NCCc1ccc(Cl)cc1. The molecule has 2 N–H and O–H groups in total. The van der Waals surface area contributed by atoms with E-state index in [1.807, 2.05) is 12.1 Å². The summed E-state index contributed by atoms with van der Waals surface area (Å²) in [6.45, 7) is 5.39. The van der Waals surface area contributed by atoms with Crippen molar-refractivity contribution in [1.29, 1.82) is 0 Å². The van der Waals surface area contributed by atoms with E-state index in [9.17, 15) is 0 Å². The van der Waals surface area contributed by atoms with Gasteiger partial charge in [0.05, 0.1) is 12.6 Å². The molecule has 2 rings (SSSR count). The number of rotatable bonds is 6. The highest BCUT2D eigenvalue weighted by atomic mass is 35.5. The summed E-state index contributed by atoms with van der Waals surface area (Å²) in [5.74, 6) is 0.863. The molecule has 1 saturated heterocycles. The number of ether oxygens (including phenoxy) is 1. The van der Waals surface area contributed by atoms with Crippen molar-refractivity contribution in [3.63, 3.8) is 0 Å². The summed E-state index contributed by atoms with van der Waals surface area (Å²) < 4.78 is 5.59. The number of guanidine groups is 1. The molecule has 1 fully saturated rings. The van der Waals surface area contributed by atoms with Crippen molar-refractivity contribution in [3.8, 4) is 0 Å². The quantitative estimate of drug-likeness (QED) is 0.627. The number of hydrogen-bond acceptors (Lipinski definition) is 2. The maximum atomic E-state index is 5.88. The van der Waals surface area contributed by atoms with Crippen LogP contribution in [0.15, 0.2) is 29.3 Å². The lowest BCUT2D eigenvalue weighted by molar-refractivity contribution is 0.117. The third-order valence-corrected chi connectivity index (χ3v) is 3.69. The van der Waals surface area contributed by atoms with Gasteiger partial charge in [-0.25, -0.2) is 0 Å². The number of benzene rings is 1. The fraction of sp³-hybridized carbons (Fsp3) is 0.562. The van der Waals surface area contributed by atoms with Gasteiger partial charge in [-0.15, -0.1) is 0 Å². The number of halogens is 1. The zero-order valence-corrected chi connectivity index (χ0v) is 13.3. The molecule has 4 nitrogen and oxygen atoms in total. The van der Waals surface area contributed by atoms with Gasteiger partial charge >= 0.3 is 0 Å². The van der Waals surface area contributed by atoms with Gasteiger partial charge in [-0.05, 0) is 43.9 Å². The predicted molar refractivity (Wildman–Crippen MR) is 88.1 cm³/mol. The zero-order chi connectivity index (χ0) is 14.9. The third kappa shape index (κ3) is 5.94. The summed E-state index contributed by atoms with van der Waals surface area (Å²) in [7, 11) is 0. The topological polar surface area (TPSA) is 45.7 Å². The largest absolute Gasteiger partial charge is 0.376 e. The summed E-state index contributed by atoms with van der Waals surface area (Å²) in [4.78, 5) is 4.59. The smallest absolute Gasteiger partial charge is 0.191 e. The molecule has 0 saturated carbocycles. The molecule has 1 atom stereocenters. The summed E-state index contributed by atoms with van der Waals surface area (Å²) in [5.41, 5.74) is 1.27. The molecule has 0 radical (unpaired) electrons. The van der Waals surface area contributed by atoms with E-state index in [2.05, 4.69) is 34.7 Å². The minimum atomic E-state index is 0.289. The Morgan fingerprint density at radius 1 is 1.33 bits per heavy atom. The Bertz CT molecular complexity index is 441.